The van der Waals surface area contributed by atoms with Gasteiger partial charge in [-0.3, -0.25) is 0 Å². The van der Waals surface area contributed by atoms with E-state index in [0.29, 0.717) is 18.1 Å². The third-order valence-corrected chi connectivity index (χ3v) is 7.68. The molecule has 2 fully saturated rings. The van der Waals surface area contributed by atoms with Crippen molar-refractivity contribution < 1.29 is 9.84 Å². The first kappa shape index (κ1) is 18.5. The maximum Gasteiger partial charge on any atom is 0.0632 e. The standard InChI is InChI=1S/C23H35NO2/c1-16-3-5-18-17(15-16)4-6-20-19(18)9-10-23(2)21(20)7-8-22(23)26-14-12-24-11-13-25/h3,5,15,19-22,24-25H,4,6-14H2,1-2H3. The Bertz CT molecular complexity index is 631. The van der Waals surface area contributed by atoms with E-state index < -0.39 is 0 Å². The summed E-state index contributed by atoms with van der Waals surface area (Å²) in [7, 11) is 0. The molecule has 3 aliphatic rings. The van der Waals surface area contributed by atoms with Crippen molar-refractivity contribution in [1.82, 2.24) is 5.32 Å². The summed E-state index contributed by atoms with van der Waals surface area (Å²) in [6.07, 6.45) is 8.26. The molecule has 1 aromatic carbocycles. The zero-order chi connectivity index (χ0) is 18.1. The number of fused-ring (bicyclic) bond motifs is 5. The number of rotatable bonds is 6. The van der Waals surface area contributed by atoms with Gasteiger partial charge in [0, 0.05) is 13.1 Å². The molecule has 144 valence electrons. The van der Waals surface area contributed by atoms with Crippen LogP contribution in [0, 0.1) is 24.2 Å². The van der Waals surface area contributed by atoms with Gasteiger partial charge in [-0.25, -0.2) is 0 Å². The van der Waals surface area contributed by atoms with Gasteiger partial charge < -0.3 is 15.2 Å². The van der Waals surface area contributed by atoms with Gasteiger partial charge in [0.25, 0.3) is 0 Å². The van der Waals surface area contributed by atoms with E-state index in [0.717, 1.165) is 30.9 Å². The molecule has 0 amide bonds. The van der Waals surface area contributed by atoms with Gasteiger partial charge >= 0.3 is 0 Å². The van der Waals surface area contributed by atoms with Crippen molar-refractivity contribution >= 4 is 0 Å². The van der Waals surface area contributed by atoms with E-state index in [1.165, 1.54) is 44.1 Å². The van der Waals surface area contributed by atoms with Crippen molar-refractivity contribution in [2.75, 3.05) is 26.3 Å². The molecule has 0 heterocycles. The molecule has 2 saturated carbocycles. The fraction of sp³-hybridized carbons (Fsp3) is 0.739. The average Bonchev–Trinajstić information content (AvgIpc) is 2.97. The maximum absolute atomic E-state index is 8.86. The minimum atomic E-state index is 0.202. The van der Waals surface area contributed by atoms with Gasteiger partial charge in [-0.05, 0) is 79.7 Å². The zero-order valence-electron chi connectivity index (χ0n) is 16.5. The number of aliphatic hydroxyl groups is 1. The lowest BCUT2D eigenvalue weighted by atomic mass is 9.55. The lowest BCUT2D eigenvalue weighted by Crippen LogP contribution is -2.45. The number of aliphatic hydroxyl groups excluding tert-OH is 1. The molecule has 3 aliphatic carbocycles. The first-order chi connectivity index (χ1) is 12.6. The molecule has 5 atom stereocenters. The highest BCUT2D eigenvalue weighted by molar-refractivity contribution is 5.37. The van der Waals surface area contributed by atoms with Gasteiger partial charge in [0.15, 0.2) is 0 Å². The monoisotopic (exact) mass is 357 g/mol. The summed E-state index contributed by atoms with van der Waals surface area (Å²) in [6.45, 7) is 7.21. The first-order valence-corrected chi connectivity index (χ1v) is 10.7. The summed E-state index contributed by atoms with van der Waals surface area (Å²) < 4.78 is 6.34. The second-order valence-corrected chi connectivity index (χ2v) is 9.07. The Kier molecular flexibility index (Phi) is 5.41. The lowest BCUT2D eigenvalue weighted by Gasteiger charge is -2.50. The van der Waals surface area contributed by atoms with Crippen LogP contribution in [0.15, 0.2) is 18.2 Å². The number of hydrogen-bond donors (Lipinski definition) is 2. The van der Waals surface area contributed by atoms with Gasteiger partial charge in [-0.1, -0.05) is 30.7 Å². The molecule has 26 heavy (non-hydrogen) atoms. The molecule has 2 N–H and O–H groups in total. The molecule has 3 heteroatoms. The van der Waals surface area contributed by atoms with E-state index in [4.69, 9.17) is 9.84 Å². The van der Waals surface area contributed by atoms with Gasteiger partial charge in [0.05, 0.1) is 19.3 Å². The minimum Gasteiger partial charge on any atom is -0.395 e. The molecule has 0 aliphatic heterocycles. The van der Waals surface area contributed by atoms with E-state index >= 15 is 0 Å². The molecule has 0 bridgehead atoms. The predicted molar refractivity (Wildman–Crippen MR) is 105 cm³/mol. The van der Waals surface area contributed by atoms with Crippen LogP contribution in [0.3, 0.4) is 0 Å². The van der Waals surface area contributed by atoms with Crippen LogP contribution >= 0.6 is 0 Å². The molecule has 0 radical (unpaired) electrons. The Morgan fingerprint density at radius 2 is 2.08 bits per heavy atom. The van der Waals surface area contributed by atoms with Gasteiger partial charge in [-0.15, -0.1) is 0 Å². The van der Waals surface area contributed by atoms with Gasteiger partial charge in [-0.2, -0.15) is 0 Å². The maximum atomic E-state index is 8.86. The largest absolute Gasteiger partial charge is 0.395 e. The molecule has 4 rings (SSSR count). The Balaban J connectivity index is 1.44. The molecule has 0 aromatic heterocycles. The van der Waals surface area contributed by atoms with E-state index in [2.05, 4.69) is 37.4 Å². The topological polar surface area (TPSA) is 41.5 Å². The van der Waals surface area contributed by atoms with Crippen LogP contribution in [0.25, 0.3) is 0 Å². The van der Waals surface area contributed by atoms with Crippen LogP contribution in [0.5, 0.6) is 0 Å². The fourth-order valence-electron chi connectivity index (χ4n) is 6.41. The van der Waals surface area contributed by atoms with Crippen LogP contribution in [-0.4, -0.2) is 37.5 Å². The summed E-state index contributed by atoms with van der Waals surface area (Å²) in [6, 6.07) is 7.17. The highest BCUT2D eigenvalue weighted by Gasteiger charge is 2.55. The Labute approximate surface area is 158 Å². The molecule has 1 aromatic rings. The summed E-state index contributed by atoms with van der Waals surface area (Å²) in [5.41, 5.74) is 5.05. The van der Waals surface area contributed by atoms with E-state index in [-0.39, 0.29) is 6.61 Å². The molecule has 0 saturated heterocycles. The van der Waals surface area contributed by atoms with Gasteiger partial charge in [0.1, 0.15) is 0 Å². The van der Waals surface area contributed by atoms with Gasteiger partial charge in [0.2, 0.25) is 0 Å². The van der Waals surface area contributed by atoms with Crippen molar-refractivity contribution in [2.24, 2.45) is 17.3 Å². The average molecular weight is 358 g/mol. The number of aryl methyl sites for hydroxylation is 2. The first-order valence-electron chi connectivity index (χ1n) is 10.7. The van der Waals surface area contributed by atoms with Crippen molar-refractivity contribution in [3.63, 3.8) is 0 Å². The summed E-state index contributed by atoms with van der Waals surface area (Å²) >= 11 is 0. The second-order valence-electron chi connectivity index (χ2n) is 9.07. The smallest absolute Gasteiger partial charge is 0.0632 e. The Hall–Kier alpha value is -0.900. The van der Waals surface area contributed by atoms with E-state index in [1.54, 1.807) is 11.1 Å². The van der Waals surface area contributed by atoms with Crippen LogP contribution in [0.2, 0.25) is 0 Å². The third kappa shape index (κ3) is 3.23. The SMILES string of the molecule is Cc1ccc2c(c1)CCC1C2CCC2(C)C(OCCNCCO)CCC12. The van der Waals surface area contributed by atoms with Crippen LogP contribution in [0.4, 0.5) is 0 Å². The number of benzene rings is 1. The molecular formula is C23H35NO2. The summed E-state index contributed by atoms with van der Waals surface area (Å²) in [5.74, 6) is 2.46. The Morgan fingerprint density at radius 1 is 1.19 bits per heavy atom. The van der Waals surface area contributed by atoms with E-state index in [1.807, 2.05) is 0 Å². The van der Waals surface area contributed by atoms with Crippen LogP contribution in [-0.2, 0) is 11.2 Å². The second kappa shape index (κ2) is 7.61. The number of hydrogen-bond acceptors (Lipinski definition) is 3. The highest BCUT2D eigenvalue weighted by Crippen LogP contribution is 2.61. The number of ether oxygens (including phenoxy) is 1. The highest BCUT2D eigenvalue weighted by atomic mass is 16.5. The normalized spacial score (nSPS) is 35.7. The minimum absolute atomic E-state index is 0.202. The molecular weight excluding hydrogens is 322 g/mol. The fourth-order valence-corrected chi connectivity index (χ4v) is 6.41. The molecule has 5 unspecified atom stereocenters. The molecule has 3 nitrogen and oxygen atoms in total. The van der Waals surface area contributed by atoms with E-state index in [9.17, 15) is 0 Å². The zero-order valence-corrected chi connectivity index (χ0v) is 16.5. The molecule has 0 spiro atoms. The van der Waals surface area contributed by atoms with Crippen molar-refractivity contribution in [3.8, 4) is 0 Å². The number of nitrogens with one attached hydrogen (secondary N) is 1. The lowest BCUT2D eigenvalue weighted by molar-refractivity contribution is -0.0627. The quantitative estimate of drug-likeness (QED) is 0.761. The van der Waals surface area contributed by atoms with Crippen LogP contribution in [0.1, 0.15) is 61.6 Å². The predicted octanol–water partition coefficient (Wildman–Crippen LogP) is 3.82. The van der Waals surface area contributed by atoms with Crippen molar-refractivity contribution in [2.45, 2.75) is 64.4 Å². The third-order valence-electron chi connectivity index (χ3n) is 7.68. The van der Waals surface area contributed by atoms with Crippen molar-refractivity contribution in [1.29, 1.82) is 0 Å². The van der Waals surface area contributed by atoms with Crippen molar-refractivity contribution in [3.05, 3.63) is 34.9 Å². The summed E-state index contributed by atoms with van der Waals surface area (Å²) in [5, 5.41) is 12.1. The summed E-state index contributed by atoms with van der Waals surface area (Å²) in [4.78, 5) is 0. The Morgan fingerprint density at radius 3 is 2.92 bits per heavy atom. The van der Waals surface area contributed by atoms with Crippen LogP contribution < -0.4 is 5.32 Å².